The summed E-state index contributed by atoms with van der Waals surface area (Å²) in [6.07, 6.45) is 0. The van der Waals surface area contributed by atoms with Crippen LogP contribution in [0, 0.1) is 24.4 Å². The van der Waals surface area contributed by atoms with Crippen LogP contribution in [0.15, 0.2) is 36.4 Å². The first-order valence-corrected chi connectivity index (χ1v) is 11.7. The van der Waals surface area contributed by atoms with E-state index >= 15 is 0 Å². The Morgan fingerprint density at radius 3 is 2.47 bits per heavy atom. The van der Waals surface area contributed by atoms with Gasteiger partial charge in [0.2, 0.25) is 5.95 Å². The third kappa shape index (κ3) is 4.24. The summed E-state index contributed by atoms with van der Waals surface area (Å²) in [6, 6.07) is 7.00. The van der Waals surface area contributed by atoms with Gasteiger partial charge in [0.25, 0.3) is 0 Å². The van der Waals surface area contributed by atoms with E-state index in [0.29, 0.717) is 55.2 Å². The molecule has 188 valence electrons. The minimum absolute atomic E-state index is 0.0385. The van der Waals surface area contributed by atoms with Crippen LogP contribution in [0.4, 0.5) is 35.4 Å². The van der Waals surface area contributed by atoms with Gasteiger partial charge in [-0.15, -0.1) is 0 Å². The van der Waals surface area contributed by atoms with Gasteiger partial charge in [0.15, 0.2) is 5.82 Å². The third-order valence-electron chi connectivity index (χ3n) is 6.27. The molecule has 11 heteroatoms. The monoisotopic (exact) mass is 498 g/mol. The molecule has 0 aliphatic carbocycles. The number of nitrogens with zero attached hydrogens (tertiary/aromatic N) is 5. The van der Waals surface area contributed by atoms with Crippen LogP contribution >= 0.6 is 0 Å². The molecule has 3 heterocycles. The summed E-state index contributed by atoms with van der Waals surface area (Å²) in [6.45, 7) is 6.49. The van der Waals surface area contributed by atoms with Crippen molar-refractivity contribution < 1.29 is 22.7 Å². The molecule has 2 aromatic carbocycles. The maximum absolute atomic E-state index is 14.9. The molecule has 0 spiro atoms. The lowest BCUT2D eigenvalue weighted by atomic mass is 10.00. The van der Waals surface area contributed by atoms with E-state index in [-0.39, 0.29) is 18.3 Å². The molecule has 36 heavy (non-hydrogen) atoms. The average Bonchev–Trinajstić information content (AvgIpc) is 2.86. The summed E-state index contributed by atoms with van der Waals surface area (Å²) < 4.78 is 49.1. The van der Waals surface area contributed by atoms with Crippen LogP contribution in [0.1, 0.15) is 18.1 Å². The van der Waals surface area contributed by atoms with Gasteiger partial charge < -0.3 is 10.1 Å². The zero-order valence-corrected chi connectivity index (χ0v) is 19.9. The fourth-order valence-corrected chi connectivity index (χ4v) is 4.55. The van der Waals surface area contributed by atoms with Gasteiger partial charge in [-0.25, -0.2) is 32.9 Å². The number of nitrogens with one attached hydrogen (secondary N) is 1. The van der Waals surface area contributed by atoms with Gasteiger partial charge in [0.05, 0.1) is 25.5 Å². The van der Waals surface area contributed by atoms with E-state index in [9.17, 15) is 18.0 Å². The van der Waals surface area contributed by atoms with E-state index in [0.717, 1.165) is 17.0 Å². The lowest BCUT2D eigenvalue weighted by Crippen LogP contribution is -2.50. The molecule has 1 fully saturated rings. The van der Waals surface area contributed by atoms with Gasteiger partial charge >= 0.3 is 6.03 Å². The minimum atomic E-state index is -0.904. The molecule has 8 nitrogen and oxygen atoms in total. The quantitative estimate of drug-likeness (QED) is 0.566. The number of para-hydroxylation sites is 1. The summed E-state index contributed by atoms with van der Waals surface area (Å²) in [7, 11) is 0. The Labute approximate surface area is 206 Å². The van der Waals surface area contributed by atoms with Crippen molar-refractivity contribution in [2.45, 2.75) is 20.4 Å². The fraction of sp³-hybridized carbons (Fsp3) is 0.320. The fourth-order valence-electron chi connectivity index (χ4n) is 4.55. The average molecular weight is 499 g/mol. The molecule has 3 aromatic rings. The van der Waals surface area contributed by atoms with Gasteiger partial charge in [0, 0.05) is 30.8 Å². The van der Waals surface area contributed by atoms with E-state index in [1.54, 1.807) is 13.0 Å². The number of anilines is 3. The number of ether oxygens (including phenoxy) is 1. The molecular formula is C25H25F3N6O2. The highest BCUT2D eigenvalue weighted by Crippen LogP contribution is 2.39. The van der Waals surface area contributed by atoms with Crippen LogP contribution in [0.5, 0.6) is 0 Å². The highest BCUT2D eigenvalue weighted by atomic mass is 19.1. The molecule has 0 unspecified atom stereocenters. The third-order valence-corrected chi connectivity index (χ3v) is 6.27. The van der Waals surface area contributed by atoms with E-state index in [4.69, 9.17) is 9.72 Å². The molecule has 0 atom stereocenters. The zero-order chi connectivity index (χ0) is 25.4. The Hall–Kier alpha value is -3.70. The van der Waals surface area contributed by atoms with Crippen LogP contribution in [-0.4, -0.2) is 53.9 Å². The molecule has 5 rings (SSSR count). The summed E-state index contributed by atoms with van der Waals surface area (Å²) in [5, 5.41) is 6.55. The van der Waals surface area contributed by atoms with Crippen molar-refractivity contribution in [2.75, 3.05) is 42.8 Å². The Morgan fingerprint density at radius 2 is 1.81 bits per heavy atom. The first-order chi connectivity index (χ1) is 17.4. The largest absolute Gasteiger partial charge is 0.379 e. The summed E-state index contributed by atoms with van der Waals surface area (Å²) in [5.41, 5.74) is 1.63. The minimum Gasteiger partial charge on any atom is -0.379 e. The first kappa shape index (κ1) is 24.0. The van der Waals surface area contributed by atoms with E-state index in [1.165, 1.54) is 18.2 Å². The Morgan fingerprint density at radius 1 is 1.08 bits per heavy atom. The topological polar surface area (TPSA) is 73.8 Å². The number of aryl methyl sites for hydroxylation is 1. The predicted octanol–water partition coefficient (Wildman–Crippen LogP) is 4.30. The van der Waals surface area contributed by atoms with Crippen LogP contribution in [-0.2, 0) is 11.3 Å². The standard InChI is InChI=1S/C25H25F3N6O2/c1-3-33(32-9-11-36-12-10-32)24-30-21(17-8-7-16(26)13-15(17)2)18-14-29-25(35)34(23(18)31-24)22-19(27)5-4-6-20(22)28/h4-8,13H,3,9-12,14H2,1-2H3,(H,29,35). The smallest absolute Gasteiger partial charge is 0.328 e. The second kappa shape index (κ2) is 9.75. The second-order valence-corrected chi connectivity index (χ2v) is 8.48. The lowest BCUT2D eigenvalue weighted by Gasteiger charge is -2.38. The number of aromatic nitrogens is 2. The summed E-state index contributed by atoms with van der Waals surface area (Å²) in [5.74, 6) is -1.88. The first-order valence-electron chi connectivity index (χ1n) is 11.7. The van der Waals surface area contributed by atoms with Crippen molar-refractivity contribution in [3.63, 3.8) is 0 Å². The normalized spacial score (nSPS) is 16.0. The van der Waals surface area contributed by atoms with Gasteiger partial charge in [0.1, 0.15) is 23.1 Å². The number of halogens is 3. The van der Waals surface area contributed by atoms with E-state index in [1.807, 2.05) is 16.9 Å². The number of fused-ring (bicyclic) bond motifs is 1. The van der Waals surface area contributed by atoms with Crippen molar-refractivity contribution in [1.29, 1.82) is 0 Å². The van der Waals surface area contributed by atoms with Crippen LogP contribution in [0.25, 0.3) is 11.3 Å². The SMILES string of the molecule is CCN(c1nc(-c2ccc(F)cc2C)c2c(n1)N(c1c(F)cccc1F)C(=O)NC2)N1CCOCC1. The van der Waals surface area contributed by atoms with Crippen LogP contribution in [0.3, 0.4) is 0 Å². The van der Waals surface area contributed by atoms with Crippen molar-refractivity contribution >= 4 is 23.5 Å². The maximum atomic E-state index is 14.9. The molecule has 0 radical (unpaired) electrons. The van der Waals surface area contributed by atoms with E-state index < -0.39 is 29.2 Å². The Kier molecular flexibility index (Phi) is 6.50. The van der Waals surface area contributed by atoms with Crippen molar-refractivity contribution in [1.82, 2.24) is 20.3 Å². The molecular weight excluding hydrogens is 473 g/mol. The zero-order valence-electron chi connectivity index (χ0n) is 19.9. The molecule has 0 saturated carbocycles. The number of morpholine rings is 1. The number of hydrogen-bond acceptors (Lipinski definition) is 6. The number of amides is 2. The number of carbonyl (C=O) groups excluding carboxylic acids is 1. The molecule has 1 saturated heterocycles. The van der Waals surface area contributed by atoms with E-state index in [2.05, 4.69) is 10.3 Å². The lowest BCUT2D eigenvalue weighted by molar-refractivity contribution is 0.0314. The van der Waals surface area contributed by atoms with Crippen LogP contribution in [0.2, 0.25) is 0 Å². The molecule has 2 aliphatic rings. The number of hydrogen-bond donors (Lipinski definition) is 1. The second-order valence-electron chi connectivity index (χ2n) is 8.48. The maximum Gasteiger partial charge on any atom is 0.328 e. The summed E-state index contributed by atoms with van der Waals surface area (Å²) in [4.78, 5) is 23.4. The van der Waals surface area contributed by atoms with Gasteiger partial charge in [-0.05, 0) is 49.7 Å². The van der Waals surface area contributed by atoms with Gasteiger partial charge in [-0.1, -0.05) is 6.07 Å². The molecule has 2 aliphatic heterocycles. The number of carbonyl (C=O) groups is 1. The molecule has 1 aromatic heterocycles. The number of hydrazine groups is 1. The van der Waals surface area contributed by atoms with Crippen LogP contribution < -0.4 is 15.2 Å². The Bertz CT molecular complexity index is 1290. The van der Waals surface area contributed by atoms with Gasteiger partial charge in [-0.3, -0.25) is 5.01 Å². The number of rotatable bonds is 5. The number of benzene rings is 2. The molecule has 2 amide bonds. The van der Waals surface area contributed by atoms with Crippen molar-refractivity contribution in [3.8, 4) is 11.3 Å². The predicted molar refractivity (Wildman–Crippen MR) is 128 cm³/mol. The van der Waals surface area contributed by atoms with Crippen molar-refractivity contribution in [2.24, 2.45) is 0 Å². The Balaban J connectivity index is 1.76. The molecule has 0 bridgehead atoms. The van der Waals surface area contributed by atoms with Crippen molar-refractivity contribution in [3.05, 3.63) is 65.0 Å². The highest BCUT2D eigenvalue weighted by molar-refractivity contribution is 6.02. The molecule has 1 N–H and O–H groups in total. The number of urea groups is 1. The highest BCUT2D eigenvalue weighted by Gasteiger charge is 2.35. The van der Waals surface area contributed by atoms with Gasteiger partial charge in [-0.2, -0.15) is 4.98 Å². The summed E-state index contributed by atoms with van der Waals surface area (Å²) >= 11 is 0.